The summed E-state index contributed by atoms with van der Waals surface area (Å²) in [5.74, 6) is 0.827. The molecule has 1 unspecified atom stereocenters. The van der Waals surface area contributed by atoms with Gasteiger partial charge in [-0.15, -0.1) is 0 Å². The van der Waals surface area contributed by atoms with Gasteiger partial charge in [0.2, 0.25) is 0 Å². The summed E-state index contributed by atoms with van der Waals surface area (Å²) in [7, 11) is 0. The molecule has 0 spiro atoms. The van der Waals surface area contributed by atoms with Crippen LogP contribution in [0.3, 0.4) is 0 Å². The van der Waals surface area contributed by atoms with Crippen LogP contribution in [0.5, 0.6) is 11.5 Å². The molecule has 0 amide bonds. The molecule has 0 radical (unpaired) electrons. The van der Waals surface area contributed by atoms with Gasteiger partial charge in [0.05, 0.1) is 5.56 Å². The first-order chi connectivity index (χ1) is 10.2. The molecule has 1 aliphatic heterocycles. The average Bonchev–Trinajstić information content (AvgIpc) is 2.87. The van der Waals surface area contributed by atoms with Crippen LogP contribution in [-0.2, 0) is 6.42 Å². The van der Waals surface area contributed by atoms with Gasteiger partial charge >= 0.3 is 0 Å². The smallest absolute Gasteiger partial charge is 0.138 e. The third-order valence-corrected chi connectivity index (χ3v) is 3.49. The molecule has 2 aromatic rings. The van der Waals surface area contributed by atoms with Gasteiger partial charge in [-0.25, -0.2) is 4.39 Å². The minimum absolute atomic E-state index is 0.202. The van der Waals surface area contributed by atoms with Crippen molar-refractivity contribution in [3.8, 4) is 17.6 Å². The van der Waals surface area contributed by atoms with Crippen molar-refractivity contribution >= 4 is 11.6 Å². The number of halogens is 2. The van der Waals surface area contributed by atoms with Crippen LogP contribution in [0.4, 0.5) is 4.39 Å². The highest BCUT2D eigenvalue weighted by Crippen LogP contribution is 2.30. The molecular formula is C16H11ClFNO2. The van der Waals surface area contributed by atoms with E-state index in [1.807, 2.05) is 6.07 Å². The molecule has 1 atom stereocenters. The molecule has 3 nitrogen and oxygen atoms in total. The van der Waals surface area contributed by atoms with Crippen LogP contribution in [0, 0.1) is 17.1 Å². The lowest BCUT2D eigenvalue weighted by Crippen LogP contribution is -2.22. The van der Waals surface area contributed by atoms with Crippen LogP contribution >= 0.6 is 11.6 Å². The van der Waals surface area contributed by atoms with Crippen LogP contribution in [0.15, 0.2) is 36.4 Å². The lowest BCUT2D eigenvalue weighted by atomic mass is 10.1. The molecule has 0 aromatic heterocycles. The second-order valence-corrected chi connectivity index (χ2v) is 5.20. The van der Waals surface area contributed by atoms with E-state index in [4.69, 9.17) is 26.3 Å². The van der Waals surface area contributed by atoms with Gasteiger partial charge in [-0.05, 0) is 30.3 Å². The third kappa shape index (κ3) is 2.93. The van der Waals surface area contributed by atoms with Gasteiger partial charge in [0.1, 0.15) is 36.1 Å². The van der Waals surface area contributed by atoms with Gasteiger partial charge in [0.25, 0.3) is 0 Å². The van der Waals surface area contributed by atoms with E-state index in [0.717, 1.165) is 5.56 Å². The van der Waals surface area contributed by atoms with E-state index >= 15 is 0 Å². The Kier molecular flexibility index (Phi) is 3.68. The molecule has 1 aliphatic rings. The Morgan fingerprint density at radius 1 is 1.33 bits per heavy atom. The standard InChI is InChI=1S/C16H11ClFNO2/c17-12-2-1-10(8-19)16(7-12)20-9-14-6-11-5-13(18)3-4-15(11)21-14/h1-5,7,14H,6,9H2. The molecule has 5 heteroatoms. The lowest BCUT2D eigenvalue weighted by molar-refractivity contribution is 0.148. The summed E-state index contributed by atoms with van der Waals surface area (Å²) >= 11 is 5.90. The molecule has 0 bridgehead atoms. The molecule has 0 N–H and O–H groups in total. The van der Waals surface area contributed by atoms with Crippen LogP contribution in [-0.4, -0.2) is 12.7 Å². The Bertz CT molecular complexity index is 727. The van der Waals surface area contributed by atoms with Gasteiger partial charge in [-0.2, -0.15) is 5.26 Å². The molecule has 106 valence electrons. The Balaban J connectivity index is 1.68. The van der Waals surface area contributed by atoms with Crippen molar-refractivity contribution in [2.75, 3.05) is 6.61 Å². The Labute approximate surface area is 126 Å². The van der Waals surface area contributed by atoms with Crippen molar-refractivity contribution in [3.05, 3.63) is 58.4 Å². The molecule has 21 heavy (non-hydrogen) atoms. The van der Waals surface area contributed by atoms with Crippen LogP contribution in [0.1, 0.15) is 11.1 Å². The van der Waals surface area contributed by atoms with Crippen molar-refractivity contribution < 1.29 is 13.9 Å². The van der Waals surface area contributed by atoms with E-state index in [1.54, 1.807) is 24.3 Å². The number of nitrogens with zero attached hydrogens (tertiary/aromatic N) is 1. The van der Waals surface area contributed by atoms with Gasteiger partial charge < -0.3 is 9.47 Å². The number of ether oxygens (including phenoxy) is 2. The van der Waals surface area contributed by atoms with E-state index in [9.17, 15) is 4.39 Å². The van der Waals surface area contributed by atoms with Gasteiger partial charge in [-0.1, -0.05) is 11.6 Å². The summed E-state index contributed by atoms with van der Waals surface area (Å²) in [5.41, 5.74) is 1.25. The molecule has 0 fully saturated rings. The van der Waals surface area contributed by atoms with E-state index in [2.05, 4.69) is 0 Å². The average molecular weight is 304 g/mol. The highest BCUT2D eigenvalue weighted by molar-refractivity contribution is 6.30. The first kappa shape index (κ1) is 13.7. The minimum atomic E-state index is -0.277. The highest BCUT2D eigenvalue weighted by atomic mass is 35.5. The molecular weight excluding hydrogens is 293 g/mol. The quantitative estimate of drug-likeness (QED) is 0.867. The van der Waals surface area contributed by atoms with E-state index in [0.29, 0.717) is 28.5 Å². The van der Waals surface area contributed by atoms with Crippen molar-refractivity contribution in [1.29, 1.82) is 5.26 Å². The largest absolute Gasteiger partial charge is 0.488 e. The number of fused-ring (bicyclic) bond motifs is 1. The van der Waals surface area contributed by atoms with E-state index in [-0.39, 0.29) is 18.5 Å². The van der Waals surface area contributed by atoms with Crippen LogP contribution in [0.25, 0.3) is 0 Å². The maximum absolute atomic E-state index is 13.1. The molecule has 0 saturated carbocycles. The SMILES string of the molecule is N#Cc1ccc(Cl)cc1OCC1Cc2cc(F)ccc2O1. The van der Waals surface area contributed by atoms with Crippen LogP contribution in [0.2, 0.25) is 5.02 Å². The number of hydrogen-bond acceptors (Lipinski definition) is 3. The molecule has 0 saturated heterocycles. The summed E-state index contributed by atoms with van der Waals surface area (Å²) in [6.45, 7) is 0.269. The fourth-order valence-corrected chi connectivity index (χ4v) is 2.43. The summed E-state index contributed by atoms with van der Waals surface area (Å²) < 4.78 is 24.5. The molecule has 3 rings (SSSR count). The summed E-state index contributed by atoms with van der Waals surface area (Å²) in [4.78, 5) is 0. The molecule has 1 heterocycles. The maximum atomic E-state index is 13.1. The van der Waals surface area contributed by atoms with Crippen molar-refractivity contribution in [1.82, 2.24) is 0 Å². The molecule has 2 aromatic carbocycles. The maximum Gasteiger partial charge on any atom is 0.138 e. The monoisotopic (exact) mass is 303 g/mol. The van der Waals surface area contributed by atoms with Crippen molar-refractivity contribution in [2.45, 2.75) is 12.5 Å². The first-order valence-electron chi connectivity index (χ1n) is 6.43. The zero-order valence-electron chi connectivity index (χ0n) is 11.0. The predicted molar refractivity (Wildman–Crippen MR) is 76.2 cm³/mol. The summed E-state index contributed by atoms with van der Waals surface area (Å²) in [6.07, 6.45) is 0.377. The van der Waals surface area contributed by atoms with Gasteiger partial charge in [0.15, 0.2) is 0 Å². The van der Waals surface area contributed by atoms with Crippen molar-refractivity contribution in [2.24, 2.45) is 0 Å². The Morgan fingerprint density at radius 2 is 2.19 bits per heavy atom. The topological polar surface area (TPSA) is 42.2 Å². The second kappa shape index (κ2) is 5.63. The second-order valence-electron chi connectivity index (χ2n) is 4.76. The third-order valence-electron chi connectivity index (χ3n) is 3.25. The fraction of sp³-hybridized carbons (Fsp3) is 0.188. The zero-order valence-corrected chi connectivity index (χ0v) is 11.7. The first-order valence-corrected chi connectivity index (χ1v) is 6.81. The predicted octanol–water partition coefficient (Wildman–Crippen LogP) is 3.73. The minimum Gasteiger partial charge on any atom is -0.488 e. The number of benzene rings is 2. The lowest BCUT2D eigenvalue weighted by Gasteiger charge is -2.13. The van der Waals surface area contributed by atoms with Crippen molar-refractivity contribution in [3.63, 3.8) is 0 Å². The zero-order chi connectivity index (χ0) is 14.8. The van der Waals surface area contributed by atoms with Gasteiger partial charge in [-0.3, -0.25) is 0 Å². The highest BCUT2D eigenvalue weighted by Gasteiger charge is 2.24. The summed E-state index contributed by atoms with van der Waals surface area (Å²) in [5, 5.41) is 9.53. The Morgan fingerprint density at radius 3 is 3.00 bits per heavy atom. The molecule has 0 aliphatic carbocycles. The number of nitriles is 1. The Hall–Kier alpha value is -2.25. The number of rotatable bonds is 3. The normalized spacial score (nSPS) is 16.0. The fourth-order valence-electron chi connectivity index (χ4n) is 2.27. The summed E-state index contributed by atoms with van der Waals surface area (Å²) in [6, 6.07) is 11.3. The van der Waals surface area contributed by atoms with E-state index in [1.165, 1.54) is 12.1 Å². The van der Waals surface area contributed by atoms with Gasteiger partial charge in [0, 0.05) is 23.1 Å². The number of hydrogen-bond donors (Lipinski definition) is 0. The van der Waals surface area contributed by atoms with Crippen LogP contribution < -0.4 is 9.47 Å². The van der Waals surface area contributed by atoms with E-state index < -0.39 is 0 Å².